The molecule has 2 aromatic heterocycles. The second-order valence-corrected chi connectivity index (χ2v) is 7.04. The van der Waals surface area contributed by atoms with E-state index >= 15 is 0 Å². The highest BCUT2D eigenvalue weighted by Crippen LogP contribution is 2.26. The summed E-state index contributed by atoms with van der Waals surface area (Å²) in [5.74, 6) is 0. The lowest BCUT2D eigenvalue weighted by molar-refractivity contribution is 0.0636. The van der Waals surface area contributed by atoms with Crippen molar-refractivity contribution in [1.82, 2.24) is 14.5 Å². The Hall–Kier alpha value is -2.67. The van der Waals surface area contributed by atoms with Gasteiger partial charge in [0, 0.05) is 29.0 Å². The summed E-state index contributed by atoms with van der Waals surface area (Å²) in [5, 5.41) is 5.07. The van der Waals surface area contributed by atoms with Gasteiger partial charge in [0.2, 0.25) is 0 Å². The van der Waals surface area contributed by atoms with E-state index in [0.29, 0.717) is 5.13 Å². The van der Waals surface area contributed by atoms with Crippen LogP contribution >= 0.6 is 11.3 Å². The van der Waals surface area contributed by atoms with Crippen molar-refractivity contribution >= 4 is 22.6 Å². The summed E-state index contributed by atoms with van der Waals surface area (Å²) < 4.78 is 7.15. The molecule has 0 saturated carbocycles. The highest BCUT2D eigenvalue weighted by Gasteiger charge is 2.17. The smallest absolute Gasteiger partial charge is 0.413 e. The third-order valence-corrected chi connectivity index (χ3v) is 3.84. The summed E-state index contributed by atoms with van der Waals surface area (Å²) in [4.78, 5) is 20.2. The summed E-state index contributed by atoms with van der Waals surface area (Å²) in [6.07, 6.45) is 4.88. The lowest BCUT2D eigenvalue weighted by atomic mass is 10.1. The van der Waals surface area contributed by atoms with Crippen molar-refractivity contribution in [1.29, 1.82) is 0 Å². The normalized spacial score (nSPS) is 11.3. The molecule has 124 valence electrons. The first kappa shape index (κ1) is 16.2. The third kappa shape index (κ3) is 3.99. The van der Waals surface area contributed by atoms with Gasteiger partial charge in [0.05, 0.1) is 12.0 Å². The van der Waals surface area contributed by atoms with Crippen LogP contribution in [0, 0.1) is 0 Å². The zero-order valence-corrected chi connectivity index (χ0v) is 14.5. The molecular formula is C17H18N4O2S. The van der Waals surface area contributed by atoms with Crippen LogP contribution in [0.2, 0.25) is 0 Å². The molecule has 0 aliphatic heterocycles. The molecule has 0 unspecified atom stereocenters. The summed E-state index contributed by atoms with van der Waals surface area (Å²) >= 11 is 1.36. The van der Waals surface area contributed by atoms with Crippen LogP contribution in [0.4, 0.5) is 9.93 Å². The molecule has 1 N–H and O–H groups in total. The molecule has 7 heteroatoms. The van der Waals surface area contributed by atoms with Gasteiger partial charge < -0.3 is 9.30 Å². The van der Waals surface area contributed by atoms with Gasteiger partial charge >= 0.3 is 6.09 Å². The molecule has 0 aliphatic rings. The standard InChI is InChI=1S/C17H18N4O2S/c1-17(2,3)23-16(22)20-15-19-14(10-24-15)12-4-6-13(7-5-12)21-9-8-18-11-21/h4-11H,1-3H3,(H,19,20,22). The van der Waals surface area contributed by atoms with Gasteiger partial charge in [-0.05, 0) is 32.9 Å². The van der Waals surface area contributed by atoms with Crippen LogP contribution in [-0.4, -0.2) is 26.2 Å². The number of rotatable bonds is 3. The topological polar surface area (TPSA) is 69.0 Å². The Morgan fingerprint density at radius 1 is 1.25 bits per heavy atom. The Bertz CT molecular complexity index is 817. The first-order chi connectivity index (χ1) is 11.4. The Morgan fingerprint density at radius 3 is 2.62 bits per heavy atom. The van der Waals surface area contributed by atoms with E-state index in [1.807, 2.05) is 61.2 Å². The van der Waals surface area contributed by atoms with E-state index in [1.165, 1.54) is 11.3 Å². The van der Waals surface area contributed by atoms with Crippen LogP contribution in [0.1, 0.15) is 20.8 Å². The van der Waals surface area contributed by atoms with E-state index in [9.17, 15) is 4.79 Å². The number of carbonyl (C=O) groups is 1. The highest BCUT2D eigenvalue weighted by atomic mass is 32.1. The SMILES string of the molecule is CC(C)(C)OC(=O)Nc1nc(-c2ccc(-n3ccnc3)cc2)cs1. The van der Waals surface area contributed by atoms with Crippen molar-refractivity contribution in [3.05, 3.63) is 48.4 Å². The number of carbonyl (C=O) groups excluding carboxylic acids is 1. The molecular weight excluding hydrogens is 324 g/mol. The molecule has 6 nitrogen and oxygen atoms in total. The maximum absolute atomic E-state index is 11.8. The minimum atomic E-state index is -0.534. The molecule has 3 rings (SSSR count). The van der Waals surface area contributed by atoms with Crippen molar-refractivity contribution in [3.63, 3.8) is 0 Å². The van der Waals surface area contributed by atoms with Gasteiger partial charge in [-0.3, -0.25) is 5.32 Å². The van der Waals surface area contributed by atoms with Gasteiger partial charge in [-0.25, -0.2) is 14.8 Å². The van der Waals surface area contributed by atoms with Crippen molar-refractivity contribution in [2.75, 3.05) is 5.32 Å². The zero-order chi connectivity index (χ0) is 17.2. The van der Waals surface area contributed by atoms with Crippen LogP contribution in [0.15, 0.2) is 48.4 Å². The minimum absolute atomic E-state index is 0.501. The number of ether oxygens (including phenoxy) is 1. The molecule has 0 saturated heterocycles. The number of nitrogens with zero attached hydrogens (tertiary/aromatic N) is 3. The summed E-state index contributed by atoms with van der Waals surface area (Å²) in [7, 11) is 0. The fourth-order valence-corrected chi connectivity index (χ4v) is 2.78. The lowest BCUT2D eigenvalue weighted by Crippen LogP contribution is -2.27. The Labute approximate surface area is 144 Å². The van der Waals surface area contributed by atoms with Crippen LogP contribution < -0.4 is 5.32 Å². The quantitative estimate of drug-likeness (QED) is 0.768. The average Bonchev–Trinajstić information content (AvgIpc) is 3.16. The van der Waals surface area contributed by atoms with Crippen molar-refractivity contribution < 1.29 is 9.53 Å². The molecule has 0 aliphatic carbocycles. The van der Waals surface area contributed by atoms with Crippen LogP contribution in [-0.2, 0) is 4.74 Å². The molecule has 0 fully saturated rings. The van der Waals surface area contributed by atoms with Gasteiger partial charge in [-0.1, -0.05) is 12.1 Å². The molecule has 0 spiro atoms. The summed E-state index contributed by atoms with van der Waals surface area (Å²) in [5.41, 5.74) is 2.28. The summed E-state index contributed by atoms with van der Waals surface area (Å²) in [6.45, 7) is 5.46. The second-order valence-electron chi connectivity index (χ2n) is 6.18. The van der Waals surface area contributed by atoms with Gasteiger partial charge in [0.1, 0.15) is 5.60 Å². The predicted molar refractivity (Wildman–Crippen MR) is 94.5 cm³/mol. The molecule has 24 heavy (non-hydrogen) atoms. The van der Waals surface area contributed by atoms with Gasteiger partial charge in [-0.2, -0.15) is 0 Å². The molecule has 0 bridgehead atoms. The number of nitrogens with one attached hydrogen (secondary N) is 1. The Kier molecular flexibility index (Phi) is 4.35. The van der Waals surface area contributed by atoms with E-state index in [1.54, 1.807) is 12.5 Å². The maximum atomic E-state index is 11.8. The van der Waals surface area contributed by atoms with Crippen molar-refractivity contribution in [2.24, 2.45) is 0 Å². The third-order valence-electron chi connectivity index (χ3n) is 3.08. The van der Waals surface area contributed by atoms with Crippen LogP contribution in [0.3, 0.4) is 0 Å². The maximum Gasteiger partial charge on any atom is 0.413 e. The number of hydrogen-bond donors (Lipinski definition) is 1. The van der Waals surface area contributed by atoms with Crippen molar-refractivity contribution in [3.8, 4) is 16.9 Å². The Morgan fingerprint density at radius 2 is 2.00 bits per heavy atom. The molecule has 1 aromatic carbocycles. The van der Waals surface area contributed by atoms with Crippen molar-refractivity contribution in [2.45, 2.75) is 26.4 Å². The van der Waals surface area contributed by atoms with Crippen LogP contribution in [0.25, 0.3) is 16.9 Å². The van der Waals surface area contributed by atoms with Gasteiger partial charge in [0.25, 0.3) is 0 Å². The number of imidazole rings is 1. The fraction of sp³-hybridized carbons (Fsp3) is 0.235. The monoisotopic (exact) mass is 342 g/mol. The molecule has 0 atom stereocenters. The van der Waals surface area contributed by atoms with E-state index in [4.69, 9.17) is 4.74 Å². The van der Waals surface area contributed by atoms with E-state index in [2.05, 4.69) is 15.3 Å². The van der Waals surface area contributed by atoms with E-state index < -0.39 is 11.7 Å². The van der Waals surface area contributed by atoms with Gasteiger partial charge in [0.15, 0.2) is 5.13 Å². The van der Waals surface area contributed by atoms with Crippen LogP contribution in [0.5, 0.6) is 0 Å². The minimum Gasteiger partial charge on any atom is -0.444 e. The lowest BCUT2D eigenvalue weighted by Gasteiger charge is -2.18. The Balaban J connectivity index is 1.70. The largest absolute Gasteiger partial charge is 0.444 e. The number of benzene rings is 1. The second kappa shape index (κ2) is 6.45. The molecule has 3 aromatic rings. The summed E-state index contributed by atoms with van der Waals surface area (Å²) in [6, 6.07) is 7.97. The molecule has 1 amide bonds. The first-order valence-electron chi connectivity index (χ1n) is 7.45. The van der Waals surface area contributed by atoms with E-state index in [0.717, 1.165) is 16.9 Å². The number of aromatic nitrogens is 3. The molecule has 0 radical (unpaired) electrons. The van der Waals surface area contributed by atoms with E-state index in [-0.39, 0.29) is 0 Å². The average molecular weight is 342 g/mol. The number of thiazole rings is 1. The first-order valence-corrected chi connectivity index (χ1v) is 8.33. The molecule has 2 heterocycles. The van der Waals surface area contributed by atoms with Gasteiger partial charge in [-0.15, -0.1) is 11.3 Å². The number of amides is 1. The number of hydrogen-bond acceptors (Lipinski definition) is 5. The number of anilines is 1. The highest BCUT2D eigenvalue weighted by molar-refractivity contribution is 7.14. The fourth-order valence-electron chi connectivity index (χ4n) is 2.07. The predicted octanol–water partition coefficient (Wildman–Crippen LogP) is 4.34. The zero-order valence-electron chi connectivity index (χ0n) is 13.7.